The standard InChI is InChI=1S/C22H20F3N5OS/c1-14-5-2-3-6-15(14)21-16(22(23,24)25)9-10-17(27-21)29-32-20-8-4-7-18(28-20)30-12-11-26-19(31)13-30/h2-10H,11-13H2,1H3,(H,26,31)(H,27,29). The number of halogens is 3. The molecule has 2 aromatic heterocycles. The van der Waals surface area contributed by atoms with Gasteiger partial charge in [0.2, 0.25) is 5.91 Å². The highest BCUT2D eigenvalue weighted by Crippen LogP contribution is 2.38. The Hall–Kier alpha value is -3.27. The number of piperazine rings is 1. The van der Waals surface area contributed by atoms with E-state index in [9.17, 15) is 18.0 Å². The summed E-state index contributed by atoms with van der Waals surface area (Å²) < 4.78 is 43.8. The third-order valence-electron chi connectivity index (χ3n) is 4.93. The van der Waals surface area contributed by atoms with Gasteiger partial charge in [-0.1, -0.05) is 30.3 Å². The Morgan fingerprint density at radius 1 is 1.06 bits per heavy atom. The Labute approximate surface area is 187 Å². The van der Waals surface area contributed by atoms with Gasteiger partial charge in [0.25, 0.3) is 0 Å². The fourth-order valence-electron chi connectivity index (χ4n) is 3.36. The molecule has 1 aromatic carbocycles. The SMILES string of the molecule is Cc1ccccc1-c1nc(NSc2cccc(N3CCNC(=O)C3)n2)ccc1C(F)(F)F. The molecule has 166 valence electrons. The van der Waals surface area contributed by atoms with Crippen LogP contribution in [0.25, 0.3) is 11.3 Å². The van der Waals surface area contributed by atoms with Crippen LogP contribution in [-0.4, -0.2) is 35.5 Å². The molecule has 1 aliphatic rings. The molecule has 1 saturated heterocycles. The first-order valence-electron chi connectivity index (χ1n) is 9.87. The molecular weight excluding hydrogens is 439 g/mol. The Kier molecular flexibility index (Phi) is 6.22. The van der Waals surface area contributed by atoms with Gasteiger partial charge in [-0.15, -0.1) is 0 Å². The Morgan fingerprint density at radius 3 is 2.62 bits per heavy atom. The van der Waals surface area contributed by atoms with Crippen LogP contribution >= 0.6 is 11.9 Å². The molecule has 0 radical (unpaired) electrons. The van der Waals surface area contributed by atoms with Crippen molar-refractivity contribution in [2.45, 2.75) is 18.1 Å². The molecule has 4 rings (SSSR count). The molecule has 3 heterocycles. The van der Waals surface area contributed by atoms with Gasteiger partial charge in [-0.05, 0) is 36.8 Å². The Balaban J connectivity index is 1.57. The van der Waals surface area contributed by atoms with Crippen molar-refractivity contribution in [3.8, 4) is 11.3 Å². The molecule has 1 fully saturated rings. The predicted octanol–water partition coefficient (Wildman–Crippen LogP) is 4.53. The summed E-state index contributed by atoms with van der Waals surface area (Å²) in [6, 6.07) is 14.6. The average Bonchev–Trinajstić information content (AvgIpc) is 2.77. The van der Waals surface area contributed by atoms with Gasteiger partial charge in [-0.25, -0.2) is 9.97 Å². The number of benzene rings is 1. The number of anilines is 2. The molecule has 1 aliphatic heterocycles. The molecule has 6 nitrogen and oxygen atoms in total. The van der Waals surface area contributed by atoms with E-state index < -0.39 is 11.7 Å². The number of aryl methyl sites for hydroxylation is 1. The summed E-state index contributed by atoms with van der Waals surface area (Å²) in [4.78, 5) is 22.3. The first-order chi connectivity index (χ1) is 15.3. The molecular formula is C22H20F3N5OS. The van der Waals surface area contributed by atoms with Gasteiger partial charge >= 0.3 is 6.18 Å². The second-order valence-electron chi connectivity index (χ2n) is 7.21. The number of pyridine rings is 2. The molecule has 0 atom stereocenters. The van der Waals surface area contributed by atoms with Crippen molar-refractivity contribution in [2.24, 2.45) is 0 Å². The highest BCUT2D eigenvalue weighted by atomic mass is 32.2. The largest absolute Gasteiger partial charge is 0.418 e. The lowest BCUT2D eigenvalue weighted by molar-refractivity contribution is -0.137. The Bertz CT molecular complexity index is 1140. The number of carbonyl (C=O) groups is 1. The predicted molar refractivity (Wildman–Crippen MR) is 118 cm³/mol. The molecule has 2 N–H and O–H groups in total. The van der Waals surface area contributed by atoms with E-state index in [-0.39, 0.29) is 24.0 Å². The van der Waals surface area contributed by atoms with Crippen LogP contribution in [0.3, 0.4) is 0 Å². The highest BCUT2D eigenvalue weighted by molar-refractivity contribution is 8.00. The monoisotopic (exact) mass is 459 g/mol. The molecule has 1 amide bonds. The normalized spacial score (nSPS) is 14.2. The zero-order valence-electron chi connectivity index (χ0n) is 17.1. The molecule has 0 unspecified atom stereocenters. The van der Waals surface area contributed by atoms with Crippen LogP contribution < -0.4 is 14.9 Å². The van der Waals surface area contributed by atoms with E-state index in [1.165, 1.54) is 6.07 Å². The van der Waals surface area contributed by atoms with E-state index in [2.05, 4.69) is 20.0 Å². The lowest BCUT2D eigenvalue weighted by Crippen LogP contribution is -2.48. The third-order valence-corrected chi connectivity index (χ3v) is 5.68. The summed E-state index contributed by atoms with van der Waals surface area (Å²) in [7, 11) is 0. The molecule has 0 bridgehead atoms. The molecule has 0 saturated carbocycles. The van der Waals surface area contributed by atoms with E-state index >= 15 is 0 Å². The summed E-state index contributed by atoms with van der Waals surface area (Å²) in [5, 5.41) is 3.37. The van der Waals surface area contributed by atoms with Crippen LogP contribution in [0, 0.1) is 6.92 Å². The summed E-state index contributed by atoms with van der Waals surface area (Å²) in [6.07, 6.45) is -4.52. The average molecular weight is 459 g/mol. The van der Waals surface area contributed by atoms with Crippen molar-refractivity contribution in [3.63, 3.8) is 0 Å². The van der Waals surface area contributed by atoms with Gasteiger partial charge < -0.3 is 14.9 Å². The number of amides is 1. The van der Waals surface area contributed by atoms with Gasteiger partial charge in [0.1, 0.15) is 16.7 Å². The van der Waals surface area contributed by atoms with Crippen molar-refractivity contribution in [1.29, 1.82) is 0 Å². The van der Waals surface area contributed by atoms with E-state index in [1.807, 2.05) is 17.0 Å². The minimum Gasteiger partial charge on any atom is -0.353 e. The zero-order valence-corrected chi connectivity index (χ0v) is 17.9. The maximum atomic E-state index is 13.6. The summed E-state index contributed by atoms with van der Waals surface area (Å²) in [5.41, 5.74) is 0.222. The maximum Gasteiger partial charge on any atom is 0.418 e. The van der Waals surface area contributed by atoms with Gasteiger partial charge in [0, 0.05) is 30.6 Å². The minimum absolute atomic E-state index is 0.0630. The minimum atomic E-state index is -4.52. The van der Waals surface area contributed by atoms with Gasteiger partial charge in [0.05, 0.1) is 17.8 Å². The van der Waals surface area contributed by atoms with Crippen LogP contribution in [0.1, 0.15) is 11.1 Å². The van der Waals surface area contributed by atoms with E-state index in [0.717, 1.165) is 18.0 Å². The quantitative estimate of drug-likeness (QED) is 0.547. The van der Waals surface area contributed by atoms with Crippen LogP contribution in [0.2, 0.25) is 0 Å². The van der Waals surface area contributed by atoms with Gasteiger partial charge in [-0.3, -0.25) is 4.79 Å². The van der Waals surface area contributed by atoms with Crippen LogP contribution in [-0.2, 0) is 11.0 Å². The van der Waals surface area contributed by atoms with Gasteiger partial charge in [-0.2, -0.15) is 13.2 Å². The zero-order chi connectivity index (χ0) is 22.7. The van der Waals surface area contributed by atoms with Gasteiger partial charge in [0.15, 0.2) is 0 Å². The van der Waals surface area contributed by atoms with E-state index in [0.29, 0.717) is 35.1 Å². The molecule has 3 aromatic rings. The summed E-state index contributed by atoms with van der Waals surface area (Å²) in [6.45, 7) is 3.19. The van der Waals surface area contributed by atoms with Crippen molar-refractivity contribution in [2.75, 3.05) is 29.3 Å². The fraction of sp³-hybridized carbons (Fsp3) is 0.227. The number of nitrogens with zero attached hydrogens (tertiary/aromatic N) is 3. The third kappa shape index (κ3) is 4.96. The summed E-state index contributed by atoms with van der Waals surface area (Å²) >= 11 is 1.14. The molecule has 0 aliphatic carbocycles. The number of hydrogen-bond donors (Lipinski definition) is 2. The maximum absolute atomic E-state index is 13.6. The van der Waals surface area contributed by atoms with Crippen LogP contribution in [0.5, 0.6) is 0 Å². The lowest BCUT2D eigenvalue weighted by Gasteiger charge is -2.27. The smallest absolute Gasteiger partial charge is 0.353 e. The summed E-state index contributed by atoms with van der Waals surface area (Å²) in [5.74, 6) is 0.880. The fourth-order valence-corrected chi connectivity index (χ4v) is 3.97. The Morgan fingerprint density at radius 2 is 1.88 bits per heavy atom. The number of carbonyl (C=O) groups excluding carboxylic acids is 1. The lowest BCUT2D eigenvalue weighted by atomic mass is 10.0. The topological polar surface area (TPSA) is 70.2 Å². The first kappa shape index (κ1) is 21.9. The van der Waals surface area contributed by atoms with Crippen LogP contribution in [0.4, 0.5) is 24.8 Å². The highest BCUT2D eigenvalue weighted by Gasteiger charge is 2.35. The first-order valence-corrected chi connectivity index (χ1v) is 10.7. The number of aromatic nitrogens is 2. The van der Waals surface area contributed by atoms with E-state index in [1.54, 1.807) is 37.3 Å². The van der Waals surface area contributed by atoms with Crippen molar-refractivity contribution in [1.82, 2.24) is 15.3 Å². The number of alkyl halides is 3. The van der Waals surface area contributed by atoms with Crippen molar-refractivity contribution >= 4 is 29.5 Å². The molecule has 32 heavy (non-hydrogen) atoms. The van der Waals surface area contributed by atoms with Crippen LogP contribution in [0.15, 0.2) is 59.6 Å². The molecule has 10 heteroatoms. The molecule has 0 spiro atoms. The number of hydrogen-bond acceptors (Lipinski definition) is 6. The van der Waals surface area contributed by atoms with E-state index in [4.69, 9.17) is 0 Å². The van der Waals surface area contributed by atoms with Crippen molar-refractivity contribution in [3.05, 3.63) is 65.7 Å². The van der Waals surface area contributed by atoms with Crippen molar-refractivity contribution < 1.29 is 18.0 Å². The second-order valence-corrected chi connectivity index (χ2v) is 8.04. The number of nitrogens with one attached hydrogen (secondary N) is 2. The number of rotatable bonds is 5. The second kappa shape index (κ2) is 9.07.